The molecule has 1 aliphatic rings. The Morgan fingerprint density at radius 3 is 3.15 bits per heavy atom. The fourth-order valence-electron chi connectivity index (χ4n) is 1.18. The Morgan fingerprint density at radius 2 is 2.54 bits per heavy atom. The third-order valence-electron chi connectivity index (χ3n) is 2.04. The molecule has 72 valence electrons. The summed E-state index contributed by atoms with van der Waals surface area (Å²) in [6.07, 6.45) is 10.4. The normalized spacial score (nSPS) is 24.0. The van der Waals surface area contributed by atoms with Crippen molar-refractivity contribution in [2.45, 2.75) is 32.5 Å². The van der Waals surface area contributed by atoms with E-state index in [1.807, 2.05) is 13.0 Å². The lowest BCUT2D eigenvalue weighted by atomic mass is 10.2. The second-order valence-corrected chi connectivity index (χ2v) is 3.16. The summed E-state index contributed by atoms with van der Waals surface area (Å²) >= 11 is 0. The number of terminal acetylenes is 1. The first-order valence-electron chi connectivity index (χ1n) is 4.69. The molecule has 1 rings (SSSR count). The summed E-state index contributed by atoms with van der Waals surface area (Å²) in [6, 6.07) is 0. The van der Waals surface area contributed by atoms with Gasteiger partial charge in [0.1, 0.15) is 0 Å². The standard InChI is InChI=1S/C11H16O2/c1-3-10(2)7-9-13-11-6-4-5-8-12-11/h1,7,11H,4-6,8-9H2,2H3. The molecule has 0 aliphatic carbocycles. The lowest BCUT2D eigenvalue weighted by Crippen LogP contribution is -2.22. The third kappa shape index (κ3) is 4.12. The molecule has 1 heterocycles. The van der Waals surface area contributed by atoms with Gasteiger partial charge >= 0.3 is 0 Å². The molecule has 0 aromatic heterocycles. The molecule has 0 N–H and O–H groups in total. The van der Waals surface area contributed by atoms with Crippen LogP contribution in [0.3, 0.4) is 0 Å². The van der Waals surface area contributed by atoms with E-state index in [0.29, 0.717) is 6.61 Å². The summed E-state index contributed by atoms with van der Waals surface area (Å²) in [5.41, 5.74) is 0.913. The van der Waals surface area contributed by atoms with Crippen molar-refractivity contribution in [1.82, 2.24) is 0 Å². The Hall–Kier alpha value is -0.780. The highest BCUT2D eigenvalue weighted by Gasteiger charge is 2.12. The van der Waals surface area contributed by atoms with Crippen LogP contribution in [0.15, 0.2) is 11.6 Å². The maximum atomic E-state index is 5.46. The number of ether oxygens (including phenoxy) is 2. The van der Waals surface area contributed by atoms with Crippen molar-refractivity contribution >= 4 is 0 Å². The van der Waals surface area contributed by atoms with Crippen molar-refractivity contribution in [2.75, 3.05) is 13.2 Å². The molecule has 0 radical (unpaired) electrons. The van der Waals surface area contributed by atoms with Crippen LogP contribution < -0.4 is 0 Å². The van der Waals surface area contributed by atoms with E-state index in [0.717, 1.165) is 25.0 Å². The van der Waals surface area contributed by atoms with E-state index < -0.39 is 0 Å². The minimum atomic E-state index is -0.0180. The highest BCUT2D eigenvalue weighted by molar-refractivity contribution is 5.22. The lowest BCUT2D eigenvalue weighted by Gasteiger charge is -2.21. The van der Waals surface area contributed by atoms with E-state index in [1.165, 1.54) is 6.42 Å². The molecule has 0 amide bonds. The van der Waals surface area contributed by atoms with Crippen LogP contribution in [0, 0.1) is 12.3 Å². The molecular formula is C11H16O2. The summed E-state index contributed by atoms with van der Waals surface area (Å²) in [7, 11) is 0. The fourth-order valence-corrected chi connectivity index (χ4v) is 1.18. The molecule has 0 saturated carbocycles. The van der Waals surface area contributed by atoms with Crippen LogP contribution in [0.4, 0.5) is 0 Å². The fraction of sp³-hybridized carbons (Fsp3) is 0.636. The molecule has 0 aromatic carbocycles. The van der Waals surface area contributed by atoms with E-state index in [4.69, 9.17) is 15.9 Å². The van der Waals surface area contributed by atoms with Gasteiger partial charge < -0.3 is 9.47 Å². The Kier molecular flexibility index (Phi) is 4.59. The summed E-state index contributed by atoms with van der Waals surface area (Å²) in [5.74, 6) is 2.54. The number of rotatable bonds is 3. The number of hydrogen-bond acceptors (Lipinski definition) is 2. The Morgan fingerprint density at radius 1 is 1.69 bits per heavy atom. The third-order valence-corrected chi connectivity index (χ3v) is 2.04. The first-order chi connectivity index (χ1) is 6.33. The van der Waals surface area contributed by atoms with Crippen LogP contribution in [0.25, 0.3) is 0 Å². The van der Waals surface area contributed by atoms with Gasteiger partial charge in [0.15, 0.2) is 6.29 Å². The lowest BCUT2D eigenvalue weighted by molar-refractivity contribution is -0.155. The molecule has 13 heavy (non-hydrogen) atoms. The molecule has 0 aromatic rings. The topological polar surface area (TPSA) is 18.5 Å². The molecule has 0 spiro atoms. The van der Waals surface area contributed by atoms with Crippen LogP contribution >= 0.6 is 0 Å². The van der Waals surface area contributed by atoms with E-state index in [9.17, 15) is 0 Å². The smallest absolute Gasteiger partial charge is 0.157 e. The van der Waals surface area contributed by atoms with Gasteiger partial charge in [-0.15, -0.1) is 6.42 Å². The summed E-state index contributed by atoms with van der Waals surface area (Å²) in [4.78, 5) is 0. The van der Waals surface area contributed by atoms with Crippen molar-refractivity contribution in [1.29, 1.82) is 0 Å². The van der Waals surface area contributed by atoms with Gasteiger partial charge in [0, 0.05) is 6.61 Å². The van der Waals surface area contributed by atoms with E-state index in [2.05, 4.69) is 5.92 Å². The van der Waals surface area contributed by atoms with Crippen LogP contribution in [-0.4, -0.2) is 19.5 Å². The van der Waals surface area contributed by atoms with Crippen LogP contribution in [0.1, 0.15) is 26.2 Å². The first kappa shape index (κ1) is 10.3. The van der Waals surface area contributed by atoms with Gasteiger partial charge in [-0.3, -0.25) is 0 Å². The maximum absolute atomic E-state index is 5.46. The molecule has 1 saturated heterocycles. The van der Waals surface area contributed by atoms with Crippen molar-refractivity contribution in [2.24, 2.45) is 0 Å². The largest absolute Gasteiger partial charge is 0.353 e. The second-order valence-electron chi connectivity index (χ2n) is 3.16. The monoisotopic (exact) mass is 180 g/mol. The van der Waals surface area contributed by atoms with E-state index >= 15 is 0 Å². The molecule has 1 fully saturated rings. The van der Waals surface area contributed by atoms with Crippen molar-refractivity contribution in [3.05, 3.63) is 11.6 Å². The van der Waals surface area contributed by atoms with E-state index in [-0.39, 0.29) is 6.29 Å². The predicted molar refractivity (Wildman–Crippen MR) is 52.1 cm³/mol. The van der Waals surface area contributed by atoms with Gasteiger partial charge in [-0.25, -0.2) is 0 Å². The van der Waals surface area contributed by atoms with Crippen LogP contribution in [0.5, 0.6) is 0 Å². The van der Waals surface area contributed by atoms with Crippen molar-refractivity contribution in [3.63, 3.8) is 0 Å². The number of allylic oxidation sites excluding steroid dienone is 1. The molecular weight excluding hydrogens is 164 g/mol. The SMILES string of the molecule is C#CC(C)=CCOC1CCCCO1. The maximum Gasteiger partial charge on any atom is 0.157 e. The Balaban J connectivity index is 2.15. The quantitative estimate of drug-likeness (QED) is 0.619. The zero-order valence-electron chi connectivity index (χ0n) is 8.08. The minimum Gasteiger partial charge on any atom is -0.353 e. The highest BCUT2D eigenvalue weighted by Crippen LogP contribution is 2.13. The van der Waals surface area contributed by atoms with Gasteiger partial charge in [-0.1, -0.05) is 5.92 Å². The minimum absolute atomic E-state index is 0.0180. The van der Waals surface area contributed by atoms with Crippen LogP contribution in [0.2, 0.25) is 0 Å². The average molecular weight is 180 g/mol. The zero-order valence-corrected chi connectivity index (χ0v) is 8.08. The van der Waals surface area contributed by atoms with Crippen molar-refractivity contribution < 1.29 is 9.47 Å². The average Bonchev–Trinajstić information content (AvgIpc) is 2.19. The van der Waals surface area contributed by atoms with Gasteiger partial charge in [-0.05, 0) is 37.8 Å². The second kappa shape index (κ2) is 5.80. The Bertz CT molecular complexity index is 207. The molecule has 1 unspecified atom stereocenters. The molecule has 1 atom stereocenters. The van der Waals surface area contributed by atoms with Gasteiger partial charge in [-0.2, -0.15) is 0 Å². The molecule has 1 aliphatic heterocycles. The molecule has 0 bridgehead atoms. The summed E-state index contributed by atoms with van der Waals surface area (Å²) in [5, 5.41) is 0. The zero-order chi connectivity index (χ0) is 9.52. The van der Waals surface area contributed by atoms with Crippen LogP contribution in [-0.2, 0) is 9.47 Å². The van der Waals surface area contributed by atoms with Gasteiger partial charge in [0.25, 0.3) is 0 Å². The Labute approximate surface area is 79.9 Å². The van der Waals surface area contributed by atoms with E-state index in [1.54, 1.807) is 0 Å². The summed E-state index contributed by atoms with van der Waals surface area (Å²) in [6.45, 7) is 3.27. The first-order valence-corrected chi connectivity index (χ1v) is 4.69. The predicted octanol–water partition coefficient (Wildman–Crippen LogP) is 2.11. The molecule has 2 nitrogen and oxygen atoms in total. The summed E-state index contributed by atoms with van der Waals surface area (Å²) < 4.78 is 10.9. The number of hydrogen-bond donors (Lipinski definition) is 0. The highest BCUT2D eigenvalue weighted by atomic mass is 16.7. The van der Waals surface area contributed by atoms with Gasteiger partial charge in [0.05, 0.1) is 6.61 Å². The van der Waals surface area contributed by atoms with Crippen molar-refractivity contribution in [3.8, 4) is 12.3 Å². The molecule has 2 heteroatoms. The van der Waals surface area contributed by atoms with Gasteiger partial charge in [0.2, 0.25) is 0 Å².